The van der Waals surface area contributed by atoms with Gasteiger partial charge in [0.15, 0.2) is 6.61 Å². The zero-order valence-electron chi connectivity index (χ0n) is 8.41. The summed E-state index contributed by atoms with van der Waals surface area (Å²) < 4.78 is 28.2. The number of hydrogen-bond donors (Lipinski definition) is 1. The van der Waals surface area contributed by atoms with Crippen LogP contribution in [0, 0.1) is 0 Å². The van der Waals surface area contributed by atoms with Crippen LogP contribution in [0.15, 0.2) is 12.4 Å². The summed E-state index contributed by atoms with van der Waals surface area (Å²) in [4.78, 5) is 7.84. The van der Waals surface area contributed by atoms with Gasteiger partial charge in [-0.1, -0.05) is 6.92 Å². The third-order valence-corrected chi connectivity index (χ3v) is 1.59. The Balaban J connectivity index is 2.41. The van der Waals surface area contributed by atoms with E-state index >= 15 is 0 Å². The quantitative estimate of drug-likeness (QED) is 0.778. The molecule has 0 atom stereocenters. The third kappa shape index (κ3) is 4.64. The first kappa shape index (κ1) is 11.8. The molecule has 6 heteroatoms. The average molecular weight is 217 g/mol. The lowest BCUT2D eigenvalue weighted by Gasteiger charge is -2.04. The van der Waals surface area contributed by atoms with Crippen LogP contribution >= 0.6 is 0 Å². The number of rotatable bonds is 6. The third-order valence-electron chi connectivity index (χ3n) is 1.59. The second-order valence-electron chi connectivity index (χ2n) is 2.83. The highest BCUT2D eigenvalue weighted by Gasteiger charge is 2.04. The molecule has 0 spiro atoms. The number of aromatic nitrogens is 2. The first-order valence-electron chi connectivity index (χ1n) is 4.65. The minimum absolute atomic E-state index is 0.121. The monoisotopic (exact) mass is 217 g/mol. The van der Waals surface area contributed by atoms with Crippen LogP contribution in [0.3, 0.4) is 0 Å². The second kappa shape index (κ2) is 6.23. The highest BCUT2D eigenvalue weighted by Crippen LogP contribution is 2.05. The molecule has 0 radical (unpaired) electrons. The van der Waals surface area contributed by atoms with Crippen molar-refractivity contribution in [2.75, 3.05) is 13.2 Å². The first-order chi connectivity index (χ1) is 7.22. The van der Waals surface area contributed by atoms with Gasteiger partial charge >= 0.3 is 0 Å². The fourth-order valence-electron chi connectivity index (χ4n) is 0.910. The van der Waals surface area contributed by atoms with Gasteiger partial charge in [-0.2, -0.15) is 0 Å². The summed E-state index contributed by atoms with van der Waals surface area (Å²) in [5.41, 5.74) is 0.751. The van der Waals surface area contributed by atoms with E-state index in [9.17, 15) is 8.78 Å². The molecule has 4 nitrogen and oxygen atoms in total. The molecule has 1 heterocycles. The molecular formula is C9H13F2N3O. The molecule has 0 saturated heterocycles. The van der Waals surface area contributed by atoms with Crippen molar-refractivity contribution >= 4 is 0 Å². The number of alkyl halides is 2. The van der Waals surface area contributed by atoms with Crippen LogP contribution in [0.1, 0.15) is 12.6 Å². The Morgan fingerprint density at radius 1 is 1.40 bits per heavy atom. The van der Waals surface area contributed by atoms with Gasteiger partial charge in [0, 0.05) is 6.54 Å². The predicted octanol–water partition coefficient (Wildman–Crippen LogP) is 1.23. The smallest absolute Gasteiger partial charge is 0.272 e. The summed E-state index contributed by atoms with van der Waals surface area (Å²) in [6.45, 7) is 2.78. The summed E-state index contributed by atoms with van der Waals surface area (Å²) in [5.74, 6) is 0.121. The summed E-state index contributed by atoms with van der Waals surface area (Å²) in [5, 5.41) is 3.07. The van der Waals surface area contributed by atoms with E-state index < -0.39 is 13.0 Å². The van der Waals surface area contributed by atoms with E-state index in [1.807, 2.05) is 6.92 Å². The van der Waals surface area contributed by atoms with Crippen LogP contribution in [-0.4, -0.2) is 29.5 Å². The van der Waals surface area contributed by atoms with Gasteiger partial charge in [-0.05, 0) is 6.54 Å². The number of halogens is 2. The molecule has 0 bridgehead atoms. The summed E-state index contributed by atoms with van der Waals surface area (Å²) in [6.07, 6.45) is 0.353. The molecule has 1 aromatic rings. The Morgan fingerprint density at radius 3 is 2.73 bits per heavy atom. The first-order valence-corrected chi connectivity index (χ1v) is 4.65. The van der Waals surface area contributed by atoms with Gasteiger partial charge in [-0.15, -0.1) is 0 Å². The van der Waals surface area contributed by atoms with Crippen LogP contribution < -0.4 is 10.1 Å². The minimum atomic E-state index is -2.49. The van der Waals surface area contributed by atoms with Gasteiger partial charge in [0.2, 0.25) is 5.88 Å². The van der Waals surface area contributed by atoms with E-state index in [1.165, 1.54) is 12.4 Å². The van der Waals surface area contributed by atoms with E-state index in [0.29, 0.717) is 6.54 Å². The highest BCUT2D eigenvalue weighted by atomic mass is 19.3. The Hall–Kier alpha value is -1.30. The molecule has 0 amide bonds. The van der Waals surface area contributed by atoms with Gasteiger partial charge in [0.05, 0.1) is 18.1 Å². The highest BCUT2D eigenvalue weighted by molar-refractivity contribution is 5.07. The molecule has 84 valence electrons. The van der Waals surface area contributed by atoms with Crippen molar-refractivity contribution in [3.63, 3.8) is 0 Å². The van der Waals surface area contributed by atoms with E-state index in [0.717, 1.165) is 12.2 Å². The molecule has 0 aromatic carbocycles. The maximum atomic E-state index is 11.8. The second-order valence-corrected chi connectivity index (χ2v) is 2.83. The van der Waals surface area contributed by atoms with E-state index in [1.54, 1.807) is 0 Å². The molecule has 0 unspecified atom stereocenters. The van der Waals surface area contributed by atoms with Crippen molar-refractivity contribution in [3.05, 3.63) is 18.1 Å². The van der Waals surface area contributed by atoms with Crippen molar-refractivity contribution in [1.82, 2.24) is 15.3 Å². The van der Waals surface area contributed by atoms with Crippen molar-refractivity contribution in [2.24, 2.45) is 0 Å². The van der Waals surface area contributed by atoms with Crippen LogP contribution in [0.25, 0.3) is 0 Å². The number of hydrogen-bond acceptors (Lipinski definition) is 4. The molecule has 1 N–H and O–H groups in total. The standard InChI is InChI=1S/C9H13F2N3O/c1-2-12-3-7-4-14-9(5-13-7)15-6-8(10)11/h4-5,8,12H,2-3,6H2,1H3. The predicted molar refractivity (Wildman–Crippen MR) is 50.9 cm³/mol. The van der Waals surface area contributed by atoms with Gasteiger partial charge in [0.25, 0.3) is 6.43 Å². The normalized spacial score (nSPS) is 10.7. The minimum Gasteiger partial charge on any atom is -0.470 e. The maximum absolute atomic E-state index is 11.8. The van der Waals surface area contributed by atoms with E-state index in [-0.39, 0.29) is 5.88 Å². The molecule has 1 aromatic heterocycles. The molecule has 0 aliphatic carbocycles. The average Bonchev–Trinajstić information content (AvgIpc) is 2.25. The lowest BCUT2D eigenvalue weighted by Crippen LogP contribution is -2.13. The van der Waals surface area contributed by atoms with Gasteiger partial charge in [-0.25, -0.2) is 13.8 Å². The lowest BCUT2D eigenvalue weighted by molar-refractivity contribution is 0.0793. The summed E-state index contributed by atoms with van der Waals surface area (Å²) in [7, 11) is 0. The molecular weight excluding hydrogens is 204 g/mol. The van der Waals surface area contributed by atoms with E-state index in [2.05, 4.69) is 20.0 Å². The fourth-order valence-corrected chi connectivity index (χ4v) is 0.910. The summed E-state index contributed by atoms with van der Waals surface area (Å²) >= 11 is 0. The SMILES string of the molecule is CCNCc1cnc(OCC(F)F)cn1. The van der Waals surface area contributed by atoms with Crippen LogP contribution in [0.2, 0.25) is 0 Å². The zero-order valence-corrected chi connectivity index (χ0v) is 8.41. The van der Waals surface area contributed by atoms with Crippen LogP contribution in [-0.2, 0) is 6.54 Å². The van der Waals surface area contributed by atoms with Gasteiger partial charge in [-0.3, -0.25) is 4.98 Å². The van der Waals surface area contributed by atoms with Crippen molar-refractivity contribution in [3.8, 4) is 5.88 Å². The lowest BCUT2D eigenvalue weighted by atomic mass is 10.4. The van der Waals surface area contributed by atoms with Gasteiger partial charge < -0.3 is 10.1 Å². The largest absolute Gasteiger partial charge is 0.470 e. The fraction of sp³-hybridized carbons (Fsp3) is 0.556. The molecule has 15 heavy (non-hydrogen) atoms. The molecule has 0 saturated carbocycles. The van der Waals surface area contributed by atoms with Crippen molar-refractivity contribution in [1.29, 1.82) is 0 Å². The maximum Gasteiger partial charge on any atom is 0.272 e. The van der Waals surface area contributed by atoms with Crippen LogP contribution in [0.5, 0.6) is 5.88 Å². The van der Waals surface area contributed by atoms with Crippen molar-refractivity contribution < 1.29 is 13.5 Å². The zero-order chi connectivity index (χ0) is 11.1. The molecule has 0 fully saturated rings. The Bertz CT molecular complexity index is 279. The number of nitrogens with zero attached hydrogens (tertiary/aromatic N) is 2. The summed E-state index contributed by atoms with van der Waals surface area (Å²) in [6, 6.07) is 0. The van der Waals surface area contributed by atoms with Crippen LogP contribution in [0.4, 0.5) is 8.78 Å². The van der Waals surface area contributed by atoms with E-state index in [4.69, 9.17) is 0 Å². The molecule has 0 aliphatic heterocycles. The van der Waals surface area contributed by atoms with Crippen molar-refractivity contribution in [2.45, 2.75) is 19.9 Å². The topological polar surface area (TPSA) is 47.0 Å². The Labute approximate surface area is 86.7 Å². The number of nitrogens with one attached hydrogen (secondary N) is 1. The van der Waals surface area contributed by atoms with Gasteiger partial charge in [0.1, 0.15) is 0 Å². The Morgan fingerprint density at radius 2 is 2.20 bits per heavy atom. The molecule has 1 rings (SSSR count). The number of ether oxygens (including phenoxy) is 1. The Kier molecular flexibility index (Phi) is 4.89. The molecule has 0 aliphatic rings.